The zero-order valence-electron chi connectivity index (χ0n) is 11.4. The van der Waals surface area contributed by atoms with Crippen LogP contribution in [0.5, 0.6) is 0 Å². The van der Waals surface area contributed by atoms with Crippen molar-refractivity contribution in [2.45, 2.75) is 5.75 Å². The maximum atomic E-state index is 13.9. The van der Waals surface area contributed by atoms with Gasteiger partial charge in [-0.15, -0.1) is 5.10 Å². The summed E-state index contributed by atoms with van der Waals surface area (Å²) in [7, 11) is 1.41. The summed E-state index contributed by atoms with van der Waals surface area (Å²) in [6.45, 7) is 0. The van der Waals surface area contributed by atoms with Crippen LogP contribution in [0, 0.1) is 4.78 Å². The van der Waals surface area contributed by atoms with Crippen LogP contribution in [0.3, 0.4) is 0 Å². The SMILES string of the molecule is Cn1c(CSS(=N)N)c(-n2nnc3ccccc32)c(=O)n1F. The van der Waals surface area contributed by atoms with Gasteiger partial charge in [0.2, 0.25) is 0 Å². The summed E-state index contributed by atoms with van der Waals surface area (Å²) in [5.74, 6) is 0.218. The second-order valence-corrected chi connectivity index (χ2v) is 7.34. The highest BCUT2D eigenvalue weighted by Gasteiger charge is 2.22. The van der Waals surface area contributed by atoms with Crippen molar-refractivity contribution < 1.29 is 4.48 Å². The number of nitrogens with zero attached hydrogens (tertiary/aromatic N) is 5. The van der Waals surface area contributed by atoms with E-state index in [1.165, 1.54) is 11.7 Å². The summed E-state index contributed by atoms with van der Waals surface area (Å²) in [6.07, 6.45) is 0. The van der Waals surface area contributed by atoms with E-state index in [1.54, 1.807) is 24.3 Å². The molecular formula is C11H12FN7OS2. The molecule has 0 radical (unpaired) electrons. The molecule has 1 atom stereocenters. The molecule has 3 N–H and O–H groups in total. The third kappa shape index (κ3) is 2.36. The number of hydrogen-bond acceptors (Lipinski definition) is 5. The fourth-order valence-corrected chi connectivity index (χ4v) is 3.41. The molecule has 0 amide bonds. The maximum Gasteiger partial charge on any atom is 0.322 e. The van der Waals surface area contributed by atoms with E-state index in [1.807, 2.05) is 0 Å². The van der Waals surface area contributed by atoms with Gasteiger partial charge < -0.3 is 0 Å². The summed E-state index contributed by atoms with van der Waals surface area (Å²) in [5, 5.41) is 13.4. The summed E-state index contributed by atoms with van der Waals surface area (Å²) < 4.78 is 23.7. The Hall–Kier alpha value is -1.98. The van der Waals surface area contributed by atoms with Crippen LogP contribution in [0.15, 0.2) is 29.1 Å². The molecular weight excluding hydrogens is 329 g/mol. The van der Waals surface area contributed by atoms with E-state index in [4.69, 9.17) is 9.92 Å². The lowest BCUT2D eigenvalue weighted by atomic mass is 10.3. The van der Waals surface area contributed by atoms with Gasteiger partial charge in [0.25, 0.3) is 0 Å². The fourth-order valence-electron chi connectivity index (χ4n) is 2.13. The van der Waals surface area contributed by atoms with Crippen molar-refractivity contribution in [3.8, 4) is 5.69 Å². The lowest BCUT2D eigenvalue weighted by Crippen LogP contribution is -2.17. The third-order valence-electron chi connectivity index (χ3n) is 3.18. The second kappa shape index (κ2) is 5.66. The van der Waals surface area contributed by atoms with Crippen LogP contribution in [0.1, 0.15) is 5.69 Å². The predicted molar refractivity (Wildman–Crippen MR) is 84.2 cm³/mol. The van der Waals surface area contributed by atoms with Crippen molar-refractivity contribution in [3.05, 3.63) is 40.3 Å². The Morgan fingerprint density at radius 2 is 2.18 bits per heavy atom. The lowest BCUT2D eigenvalue weighted by Gasteiger charge is -2.05. The molecule has 3 aromatic rings. The monoisotopic (exact) mass is 341 g/mol. The number of benzene rings is 1. The molecule has 2 heterocycles. The third-order valence-corrected chi connectivity index (χ3v) is 4.94. The Balaban J connectivity index is 2.23. The van der Waals surface area contributed by atoms with Crippen molar-refractivity contribution in [2.75, 3.05) is 0 Å². The van der Waals surface area contributed by atoms with Crippen molar-refractivity contribution in [1.29, 1.82) is 4.78 Å². The molecule has 8 nitrogen and oxygen atoms in total. The largest absolute Gasteiger partial charge is 0.322 e. The van der Waals surface area contributed by atoms with E-state index in [0.29, 0.717) is 16.7 Å². The minimum Gasteiger partial charge on any atom is -0.263 e. The molecule has 0 bridgehead atoms. The topological polar surface area (TPSA) is 108 Å². The molecule has 1 unspecified atom stereocenters. The number of hydrogen-bond donors (Lipinski definition) is 2. The van der Waals surface area contributed by atoms with Gasteiger partial charge in [0.05, 0.1) is 17.0 Å². The molecule has 0 spiro atoms. The first-order valence-corrected chi connectivity index (χ1v) is 8.90. The Morgan fingerprint density at radius 3 is 2.91 bits per heavy atom. The Kier molecular flexibility index (Phi) is 3.85. The molecule has 1 aromatic carbocycles. The van der Waals surface area contributed by atoms with Gasteiger partial charge in [-0.05, 0) is 12.1 Å². The maximum absolute atomic E-state index is 13.9. The summed E-state index contributed by atoms with van der Waals surface area (Å²) in [6, 6.07) is 7.09. The number of halogens is 1. The van der Waals surface area contributed by atoms with Crippen molar-refractivity contribution >= 4 is 31.7 Å². The molecule has 0 aliphatic carbocycles. The van der Waals surface area contributed by atoms with E-state index in [-0.39, 0.29) is 16.3 Å². The average Bonchev–Trinajstić information content (AvgIpc) is 3.00. The highest BCUT2D eigenvalue weighted by Crippen LogP contribution is 2.21. The van der Waals surface area contributed by atoms with E-state index < -0.39 is 15.5 Å². The van der Waals surface area contributed by atoms with Crippen LogP contribution >= 0.6 is 10.8 Å². The molecule has 0 saturated heterocycles. The Labute approximate surface area is 130 Å². The van der Waals surface area contributed by atoms with Gasteiger partial charge in [-0.1, -0.05) is 37.5 Å². The summed E-state index contributed by atoms with van der Waals surface area (Å²) in [4.78, 5) is 12.2. The van der Waals surface area contributed by atoms with Gasteiger partial charge in [-0.2, -0.15) is 0 Å². The number of aromatic nitrogens is 5. The molecule has 22 heavy (non-hydrogen) atoms. The minimum atomic E-state index is -1.13. The van der Waals surface area contributed by atoms with Crippen molar-refractivity contribution in [2.24, 2.45) is 12.2 Å². The standard InChI is InChI=1S/C11H12FN7OS2/c1-17-9(6-21-22(13)14)10(11(20)19(17)12)18-8-5-3-2-4-7(8)15-16-18/h2-5H,6H2,1H3,(H3,13,14). The van der Waals surface area contributed by atoms with Gasteiger partial charge in [-0.25, -0.2) is 4.68 Å². The molecule has 2 aromatic heterocycles. The van der Waals surface area contributed by atoms with Crippen molar-refractivity contribution in [1.82, 2.24) is 24.6 Å². The number of rotatable bonds is 4. The molecule has 116 valence electrons. The molecule has 0 aliphatic heterocycles. The quantitative estimate of drug-likeness (QED) is 0.690. The zero-order valence-corrected chi connectivity index (χ0v) is 13.1. The van der Waals surface area contributed by atoms with Crippen LogP contribution in [-0.4, -0.2) is 24.6 Å². The molecule has 0 fully saturated rings. The first-order chi connectivity index (χ1) is 10.5. The summed E-state index contributed by atoms with van der Waals surface area (Å²) >= 11 is 0. The van der Waals surface area contributed by atoms with Gasteiger partial charge in [0.15, 0.2) is 5.69 Å². The minimum absolute atomic E-state index is 0.0141. The predicted octanol–water partition coefficient (Wildman–Crippen LogP) is 1.06. The summed E-state index contributed by atoms with van der Waals surface area (Å²) in [5.41, 5.74) is 0.860. The second-order valence-electron chi connectivity index (χ2n) is 4.43. The highest BCUT2D eigenvalue weighted by molar-refractivity contribution is 8.68. The number of para-hydroxylation sites is 1. The van der Waals surface area contributed by atoms with E-state index >= 15 is 0 Å². The van der Waals surface area contributed by atoms with Crippen molar-refractivity contribution in [3.63, 3.8) is 0 Å². The van der Waals surface area contributed by atoms with E-state index in [0.717, 1.165) is 15.5 Å². The van der Waals surface area contributed by atoms with Crippen LogP contribution in [-0.2, 0) is 22.7 Å². The van der Waals surface area contributed by atoms with Gasteiger partial charge >= 0.3 is 5.56 Å². The Bertz CT molecular complexity index is 928. The van der Waals surface area contributed by atoms with E-state index in [2.05, 4.69) is 10.3 Å². The lowest BCUT2D eigenvalue weighted by molar-refractivity contribution is 0.252. The number of nitrogens with one attached hydrogen (secondary N) is 1. The van der Waals surface area contributed by atoms with Crippen LogP contribution < -0.4 is 10.7 Å². The average molecular weight is 341 g/mol. The molecule has 11 heteroatoms. The Morgan fingerprint density at radius 1 is 1.45 bits per heavy atom. The van der Waals surface area contributed by atoms with E-state index in [9.17, 15) is 9.28 Å². The van der Waals surface area contributed by atoms with Crippen LogP contribution in [0.4, 0.5) is 4.48 Å². The van der Waals surface area contributed by atoms with Gasteiger partial charge in [0.1, 0.15) is 5.52 Å². The number of nitrogens with two attached hydrogens (primary N) is 1. The number of fused-ring (bicyclic) bond motifs is 1. The molecule has 3 rings (SSSR count). The molecule has 0 saturated carbocycles. The normalized spacial score (nSPS) is 12.9. The molecule has 0 aliphatic rings. The fraction of sp³-hybridized carbons (Fsp3) is 0.182. The first-order valence-electron chi connectivity index (χ1n) is 6.11. The van der Waals surface area contributed by atoms with Crippen LogP contribution in [0.2, 0.25) is 0 Å². The highest BCUT2D eigenvalue weighted by atomic mass is 33.1. The van der Waals surface area contributed by atoms with Crippen LogP contribution in [0.25, 0.3) is 16.7 Å². The van der Waals surface area contributed by atoms with Gasteiger partial charge in [-0.3, -0.25) is 19.4 Å². The first kappa shape index (κ1) is 14.9. The smallest absolute Gasteiger partial charge is 0.263 e. The zero-order chi connectivity index (χ0) is 15.9. The van der Waals surface area contributed by atoms with Gasteiger partial charge in [0, 0.05) is 17.0 Å².